The topological polar surface area (TPSA) is 90.9 Å². The molecule has 0 unspecified atom stereocenters. The van der Waals surface area contributed by atoms with Crippen molar-refractivity contribution in [2.75, 3.05) is 6.54 Å². The SMILES string of the molecule is CCCCCCCCCNCc1cccs1.O=C(O)c1nc2nc(-c3ccccc3)cc(C(F)(F)F)c2[nH]1. The Kier molecular flexibility index (Phi) is 11.3. The first kappa shape index (κ1) is 29.3. The summed E-state index contributed by atoms with van der Waals surface area (Å²) in [6, 6.07) is 13.5. The van der Waals surface area contributed by atoms with Gasteiger partial charge in [-0.1, -0.05) is 81.8 Å². The molecule has 3 heterocycles. The van der Waals surface area contributed by atoms with E-state index in [0.717, 1.165) is 12.6 Å². The molecule has 3 N–H and O–H groups in total. The van der Waals surface area contributed by atoms with E-state index in [1.165, 1.54) is 56.4 Å². The molecular formula is C28H33F3N4O2S. The first-order chi connectivity index (χ1) is 18.3. The Balaban J connectivity index is 0.000000223. The van der Waals surface area contributed by atoms with E-state index in [1.54, 1.807) is 30.3 Å². The molecule has 0 aliphatic rings. The molecule has 0 aliphatic heterocycles. The Morgan fingerprint density at radius 3 is 2.34 bits per heavy atom. The number of carboxylic acid groups (broad SMARTS) is 1. The number of nitrogens with one attached hydrogen (secondary N) is 2. The predicted octanol–water partition coefficient (Wildman–Crippen LogP) is 7.93. The number of halogens is 3. The van der Waals surface area contributed by atoms with E-state index < -0.39 is 29.1 Å². The first-order valence-electron chi connectivity index (χ1n) is 12.8. The Morgan fingerprint density at radius 2 is 1.71 bits per heavy atom. The van der Waals surface area contributed by atoms with Crippen LogP contribution in [0.1, 0.15) is 72.9 Å². The number of fused-ring (bicyclic) bond motifs is 1. The minimum Gasteiger partial charge on any atom is -0.475 e. The number of hydrogen-bond donors (Lipinski definition) is 3. The van der Waals surface area contributed by atoms with E-state index in [2.05, 4.69) is 44.7 Å². The number of aromatic nitrogens is 3. The number of benzene rings is 1. The summed E-state index contributed by atoms with van der Waals surface area (Å²) in [7, 11) is 0. The monoisotopic (exact) mass is 546 g/mol. The molecule has 3 aromatic heterocycles. The maximum absolute atomic E-state index is 13.2. The summed E-state index contributed by atoms with van der Waals surface area (Å²) in [6.07, 6.45) is 5.10. The summed E-state index contributed by atoms with van der Waals surface area (Å²) in [5.74, 6) is -2.04. The van der Waals surface area contributed by atoms with Gasteiger partial charge in [-0.25, -0.2) is 14.8 Å². The number of pyridine rings is 1. The van der Waals surface area contributed by atoms with Gasteiger partial charge in [0.05, 0.1) is 16.8 Å². The number of nitrogens with zero attached hydrogens (tertiary/aromatic N) is 2. The minimum absolute atomic E-state index is 0.0730. The molecule has 204 valence electrons. The molecule has 0 aliphatic carbocycles. The van der Waals surface area contributed by atoms with Crippen LogP contribution < -0.4 is 5.32 Å². The fraction of sp³-hybridized carbons (Fsp3) is 0.393. The van der Waals surface area contributed by atoms with Crippen LogP contribution in [0.2, 0.25) is 0 Å². The highest BCUT2D eigenvalue weighted by atomic mass is 32.1. The Labute approximate surface area is 224 Å². The van der Waals surface area contributed by atoms with E-state index >= 15 is 0 Å². The fourth-order valence-corrected chi connectivity index (χ4v) is 4.58. The molecule has 10 heteroatoms. The van der Waals surface area contributed by atoms with Gasteiger partial charge in [0.2, 0.25) is 5.82 Å². The van der Waals surface area contributed by atoms with E-state index in [-0.39, 0.29) is 11.3 Å². The molecule has 4 aromatic rings. The highest BCUT2D eigenvalue weighted by Gasteiger charge is 2.35. The first-order valence-corrected chi connectivity index (χ1v) is 13.7. The van der Waals surface area contributed by atoms with Gasteiger partial charge in [0.1, 0.15) is 0 Å². The molecular weight excluding hydrogens is 513 g/mol. The zero-order valence-electron chi connectivity index (χ0n) is 21.4. The molecule has 0 amide bonds. The van der Waals surface area contributed by atoms with Gasteiger partial charge in [0.15, 0.2) is 5.65 Å². The number of H-pyrrole nitrogens is 1. The summed E-state index contributed by atoms with van der Waals surface area (Å²) in [4.78, 5) is 22.1. The number of imidazole rings is 1. The van der Waals surface area contributed by atoms with Crippen molar-refractivity contribution < 1.29 is 23.1 Å². The zero-order valence-corrected chi connectivity index (χ0v) is 22.2. The van der Waals surface area contributed by atoms with Crippen LogP contribution in [0.4, 0.5) is 13.2 Å². The molecule has 0 radical (unpaired) electrons. The molecule has 0 saturated carbocycles. The summed E-state index contributed by atoms with van der Waals surface area (Å²) >= 11 is 1.84. The van der Waals surface area contributed by atoms with E-state index in [0.29, 0.717) is 5.56 Å². The lowest BCUT2D eigenvalue weighted by atomic mass is 10.1. The quantitative estimate of drug-likeness (QED) is 0.157. The van der Waals surface area contributed by atoms with Gasteiger partial charge in [-0.2, -0.15) is 13.2 Å². The van der Waals surface area contributed by atoms with Crippen molar-refractivity contribution in [2.45, 2.75) is 64.6 Å². The Hall–Kier alpha value is -3.24. The van der Waals surface area contributed by atoms with Gasteiger partial charge < -0.3 is 15.4 Å². The van der Waals surface area contributed by atoms with Crippen molar-refractivity contribution in [3.63, 3.8) is 0 Å². The second-order valence-corrected chi connectivity index (χ2v) is 9.92. The van der Waals surface area contributed by atoms with Crippen molar-refractivity contribution in [1.29, 1.82) is 0 Å². The maximum atomic E-state index is 13.2. The molecule has 0 atom stereocenters. The number of rotatable bonds is 12. The number of alkyl halides is 3. The fourth-order valence-electron chi connectivity index (χ4n) is 3.90. The number of thiophene rings is 1. The molecule has 0 bridgehead atoms. The van der Waals surface area contributed by atoms with Crippen molar-refractivity contribution in [2.24, 2.45) is 0 Å². The van der Waals surface area contributed by atoms with Crippen molar-refractivity contribution in [1.82, 2.24) is 20.3 Å². The standard InChI is InChI=1S/C14H8F3N3O2.C14H25NS/c15-14(16,17)8-6-9(7-4-2-1-3-5-7)18-11-10(8)19-12(20-11)13(21)22;1-2-3-4-5-6-7-8-11-15-13-14-10-9-12-16-14/h1-6H,(H,21,22)(H,18,19,20);9-10,12,15H,2-8,11,13H2,1H3. The van der Waals surface area contributed by atoms with Crippen LogP contribution in [0.15, 0.2) is 53.9 Å². The van der Waals surface area contributed by atoms with Gasteiger partial charge in [0, 0.05) is 17.0 Å². The van der Waals surface area contributed by atoms with Gasteiger partial charge in [-0.15, -0.1) is 11.3 Å². The van der Waals surface area contributed by atoms with Gasteiger partial charge in [-0.05, 0) is 30.5 Å². The van der Waals surface area contributed by atoms with Crippen molar-refractivity contribution >= 4 is 28.5 Å². The second-order valence-electron chi connectivity index (χ2n) is 8.89. The smallest absolute Gasteiger partial charge is 0.418 e. The summed E-state index contributed by atoms with van der Waals surface area (Å²) in [5.41, 5.74) is -1.18. The third-order valence-electron chi connectivity index (χ3n) is 5.88. The van der Waals surface area contributed by atoms with E-state index in [4.69, 9.17) is 5.11 Å². The van der Waals surface area contributed by atoms with E-state index in [1.807, 2.05) is 11.3 Å². The van der Waals surface area contributed by atoms with Crippen LogP contribution in [0.5, 0.6) is 0 Å². The number of carboxylic acids is 1. The predicted molar refractivity (Wildman–Crippen MR) is 145 cm³/mol. The number of aromatic amines is 1. The molecule has 0 spiro atoms. The normalized spacial score (nSPS) is 11.4. The molecule has 6 nitrogen and oxygen atoms in total. The van der Waals surface area contributed by atoms with Crippen LogP contribution in [0.3, 0.4) is 0 Å². The molecule has 38 heavy (non-hydrogen) atoms. The molecule has 1 aromatic carbocycles. The molecule has 0 fully saturated rings. The lowest BCUT2D eigenvalue weighted by Crippen LogP contribution is -2.13. The average molecular weight is 547 g/mol. The average Bonchev–Trinajstić information content (AvgIpc) is 3.57. The lowest BCUT2D eigenvalue weighted by Gasteiger charge is -2.09. The lowest BCUT2D eigenvalue weighted by molar-refractivity contribution is -0.136. The number of unbranched alkanes of at least 4 members (excludes halogenated alkanes) is 6. The minimum atomic E-state index is -4.66. The van der Waals surface area contributed by atoms with Gasteiger partial charge in [-0.3, -0.25) is 0 Å². The third-order valence-corrected chi connectivity index (χ3v) is 6.75. The summed E-state index contributed by atoms with van der Waals surface area (Å²) in [5, 5.41) is 14.5. The van der Waals surface area contributed by atoms with Crippen molar-refractivity contribution in [3.8, 4) is 11.3 Å². The number of hydrogen-bond acceptors (Lipinski definition) is 5. The molecule has 4 rings (SSSR count). The Morgan fingerprint density at radius 1 is 1.00 bits per heavy atom. The number of carbonyl (C=O) groups is 1. The van der Waals surface area contributed by atoms with Crippen LogP contribution >= 0.6 is 11.3 Å². The van der Waals surface area contributed by atoms with Crippen LogP contribution in [-0.2, 0) is 12.7 Å². The summed E-state index contributed by atoms with van der Waals surface area (Å²) in [6.45, 7) is 4.49. The Bertz CT molecular complexity index is 1260. The van der Waals surface area contributed by atoms with Crippen molar-refractivity contribution in [3.05, 3.63) is 70.2 Å². The number of aromatic carboxylic acids is 1. The second kappa shape index (κ2) is 14.6. The highest BCUT2D eigenvalue weighted by Crippen LogP contribution is 2.36. The largest absolute Gasteiger partial charge is 0.475 e. The summed E-state index contributed by atoms with van der Waals surface area (Å²) < 4.78 is 39.6. The van der Waals surface area contributed by atoms with Crippen LogP contribution in [0.25, 0.3) is 22.4 Å². The van der Waals surface area contributed by atoms with Gasteiger partial charge >= 0.3 is 12.1 Å². The zero-order chi connectivity index (χ0) is 27.4. The van der Waals surface area contributed by atoms with E-state index in [9.17, 15) is 18.0 Å². The molecule has 0 saturated heterocycles. The van der Waals surface area contributed by atoms with Gasteiger partial charge in [0.25, 0.3) is 0 Å². The third kappa shape index (κ3) is 8.95. The van der Waals surface area contributed by atoms with Crippen LogP contribution in [-0.4, -0.2) is 32.6 Å². The highest BCUT2D eigenvalue weighted by molar-refractivity contribution is 7.09. The maximum Gasteiger partial charge on any atom is 0.418 e. The van der Waals surface area contributed by atoms with Crippen LogP contribution in [0, 0.1) is 0 Å².